The van der Waals surface area contributed by atoms with Gasteiger partial charge in [-0.2, -0.15) is 0 Å². The molecule has 6 aromatic rings. The molecule has 0 amide bonds. The van der Waals surface area contributed by atoms with Crippen molar-refractivity contribution in [3.05, 3.63) is 208 Å². The second kappa shape index (κ2) is 22.6. The Labute approximate surface area is 423 Å². The molecule has 0 saturated heterocycles. The van der Waals surface area contributed by atoms with E-state index in [2.05, 4.69) is 250 Å². The summed E-state index contributed by atoms with van der Waals surface area (Å²) in [4.78, 5) is 5.22. The minimum Gasteiger partial charge on any atom is -0.313 e. The van der Waals surface area contributed by atoms with E-state index in [1.165, 1.54) is 106 Å². The fourth-order valence-corrected chi connectivity index (χ4v) is 10.3. The Hall–Kier alpha value is -6.38. The molecule has 0 radical (unpaired) electrons. The zero-order valence-corrected chi connectivity index (χ0v) is 44.9. The number of benzene rings is 6. The Morgan fingerprint density at radius 1 is 0.671 bits per heavy atom. The number of hydrogen-bond donors (Lipinski definition) is 0. The summed E-state index contributed by atoms with van der Waals surface area (Å²) in [6.07, 6.45) is 26.0. The molecule has 6 aromatic carbocycles. The van der Waals surface area contributed by atoms with E-state index in [1.807, 2.05) is 13.8 Å². The van der Waals surface area contributed by atoms with Gasteiger partial charge in [0.05, 0.1) is 5.69 Å². The highest BCUT2D eigenvalue weighted by Gasteiger charge is 2.30. The molecule has 0 unspecified atom stereocenters. The SMILES string of the molecule is C/C=C(\C=C/CC)N(/C(=C/CCC(C)(C)C)c1ccc2c(CC(C)(C)C)cc(N(C3=CC=C(C)CC3)c3cccc(-c4ccccc4)c3C)c3c2c1CC=C3)c1cccc(-c2ccccc2)c1C.CC. The van der Waals surface area contributed by atoms with Crippen LogP contribution in [0.3, 0.4) is 0 Å². The predicted octanol–water partition coefficient (Wildman–Crippen LogP) is 20.3. The average molecular weight is 925 g/mol. The third kappa shape index (κ3) is 11.5. The summed E-state index contributed by atoms with van der Waals surface area (Å²) >= 11 is 0. The Morgan fingerprint density at radius 2 is 1.30 bits per heavy atom. The lowest BCUT2D eigenvalue weighted by Crippen LogP contribution is -2.23. The Balaban J connectivity index is 0.00000356. The first-order valence-corrected chi connectivity index (χ1v) is 26.3. The molecule has 0 fully saturated rings. The summed E-state index contributed by atoms with van der Waals surface area (Å²) < 4.78 is 0. The molecule has 2 heteroatoms. The Bertz CT molecular complexity index is 2970. The average Bonchev–Trinajstić information content (AvgIpc) is 3.35. The monoisotopic (exact) mass is 925 g/mol. The van der Waals surface area contributed by atoms with Crippen LogP contribution in [0.25, 0.3) is 44.8 Å². The summed E-state index contributed by atoms with van der Waals surface area (Å²) in [5.74, 6) is 0. The van der Waals surface area contributed by atoms with Gasteiger partial charge in [0.15, 0.2) is 0 Å². The molecule has 0 spiro atoms. The second-order valence-corrected chi connectivity index (χ2v) is 21.5. The van der Waals surface area contributed by atoms with Crippen LogP contribution in [0, 0.1) is 24.7 Å². The number of rotatable bonds is 14. The van der Waals surface area contributed by atoms with Crippen LogP contribution < -0.4 is 9.80 Å². The van der Waals surface area contributed by atoms with E-state index < -0.39 is 0 Å². The molecule has 70 heavy (non-hydrogen) atoms. The van der Waals surface area contributed by atoms with E-state index in [1.54, 1.807) is 0 Å². The first-order chi connectivity index (χ1) is 33.7. The van der Waals surface area contributed by atoms with Gasteiger partial charge in [0, 0.05) is 39.6 Å². The Morgan fingerprint density at radius 3 is 1.87 bits per heavy atom. The van der Waals surface area contributed by atoms with E-state index in [-0.39, 0.29) is 10.8 Å². The minimum atomic E-state index is 0.0744. The van der Waals surface area contributed by atoms with Crippen LogP contribution in [0.15, 0.2) is 175 Å². The van der Waals surface area contributed by atoms with Crippen molar-refractivity contribution in [1.29, 1.82) is 0 Å². The van der Waals surface area contributed by atoms with Crippen molar-refractivity contribution in [3.8, 4) is 22.3 Å². The quantitative estimate of drug-likeness (QED) is 0.100. The van der Waals surface area contributed by atoms with Gasteiger partial charge >= 0.3 is 0 Å². The van der Waals surface area contributed by atoms with Gasteiger partial charge in [0.25, 0.3) is 0 Å². The van der Waals surface area contributed by atoms with Crippen molar-refractivity contribution in [1.82, 2.24) is 0 Å². The zero-order valence-electron chi connectivity index (χ0n) is 44.9. The van der Waals surface area contributed by atoms with Crippen LogP contribution in [-0.2, 0) is 12.8 Å². The predicted molar refractivity (Wildman–Crippen MR) is 310 cm³/mol. The van der Waals surface area contributed by atoms with Crippen molar-refractivity contribution in [2.45, 2.75) is 135 Å². The highest BCUT2D eigenvalue weighted by molar-refractivity contribution is 6.06. The van der Waals surface area contributed by atoms with E-state index >= 15 is 0 Å². The zero-order chi connectivity index (χ0) is 50.2. The van der Waals surface area contributed by atoms with Crippen molar-refractivity contribution in [2.75, 3.05) is 9.80 Å². The van der Waals surface area contributed by atoms with Gasteiger partial charge in [-0.3, -0.25) is 0 Å². The molecule has 0 heterocycles. The van der Waals surface area contributed by atoms with Crippen LogP contribution >= 0.6 is 0 Å². The van der Waals surface area contributed by atoms with Crippen molar-refractivity contribution in [2.24, 2.45) is 10.8 Å². The standard InChI is InChI=1S/C66H74N2.C2H6/c1-12-14-29-52(13-2)67(60-34-22-30-54(47(60)4)49-25-17-15-18-26-49)62(36-24-43-65(6,7)8)57-42-41-56-51(45-66(9,10)11)44-63(59-33-21-32-58(57)64(56)59)68(53-39-37-46(3)38-40-53)61-35-23-31-55(48(61)5)50-27-19-16-20-28-50;1-2/h13-23,25-31,33-37,39,41-42,44H,12,24,32,38,40,43,45H2,1-11H3;1-2H3/b29-14-,52-13+,62-36+;. The van der Waals surface area contributed by atoms with E-state index in [0.717, 1.165) is 44.9 Å². The van der Waals surface area contributed by atoms with Crippen LogP contribution in [-0.4, -0.2) is 0 Å². The highest BCUT2D eigenvalue weighted by atomic mass is 15.2. The maximum Gasteiger partial charge on any atom is 0.0540 e. The maximum atomic E-state index is 2.63. The first kappa shape index (κ1) is 51.5. The topological polar surface area (TPSA) is 6.48 Å². The van der Waals surface area contributed by atoms with Gasteiger partial charge in [0.1, 0.15) is 0 Å². The van der Waals surface area contributed by atoms with E-state index in [4.69, 9.17) is 0 Å². The molecule has 2 nitrogen and oxygen atoms in total. The fourth-order valence-electron chi connectivity index (χ4n) is 10.3. The lowest BCUT2D eigenvalue weighted by atomic mass is 9.80. The normalized spacial score (nSPS) is 14.1. The van der Waals surface area contributed by atoms with Gasteiger partial charge < -0.3 is 9.80 Å². The van der Waals surface area contributed by atoms with Gasteiger partial charge in [-0.05, 0) is 169 Å². The highest BCUT2D eigenvalue weighted by Crippen LogP contribution is 2.49. The van der Waals surface area contributed by atoms with Crippen LogP contribution in [0.1, 0.15) is 142 Å². The first-order valence-electron chi connectivity index (χ1n) is 26.3. The molecule has 0 atom stereocenters. The lowest BCUT2D eigenvalue weighted by molar-refractivity contribution is 0.381. The molecule has 0 bridgehead atoms. The Kier molecular flexibility index (Phi) is 16.6. The molecule has 0 N–H and O–H groups in total. The number of allylic oxidation sites excluding steroid dienone is 9. The third-order valence-electron chi connectivity index (χ3n) is 13.8. The van der Waals surface area contributed by atoms with Crippen LogP contribution in [0.5, 0.6) is 0 Å². The lowest BCUT2D eigenvalue weighted by Gasteiger charge is -2.36. The summed E-state index contributed by atoms with van der Waals surface area (Å²) in [6, 6.07) is 43.0. The fraction of sp³-hybridized carbons (Fsp3) is 0.324. The number of anilines is 3. The van der Waals surface area contributed by atoms with Crippen molar-refractivity contribution >= 4 is 39.6 Å². The van der Waals surface area contributed by atoms with Gasteiger partial charge in [-0.25, -0.2) is 0 Å². The molecular formula is C68H80N2. The summed E-state index contributed by atoms with van der Waals surface area (Å²) in [5, 5.41) is 2.75. The van der Waals surface area contributed by atoms with Crippen LogP contribution in [0.2, 0.25) is 0 Å². The molecule has 2 aliphatic carbocycles. The summed E-state index contributed by atoms with van der Waals surface area (Å²) in [6.45, 7) is 29.6. The smallest absolute Gasteiger partial charge is 0.0540 e. The minimum absolute atomic E-state index is 0.0744. The largest absolute Gasteiger partial charge is 0.313 e. The third-order valence-corrected chi connectivity index (χ3v) is 13.8. The molecule has 0 aliphatic heterocycles. The molecule has 0 saturated carbocycles. The second-order valence-electron chi connectivity index (χ2n) is 21.5. The number of nitrogens with zero attached hydrogens (tertiary/aromatic N) is 2. The van der Waals surface area contributed by atoms with E-state index in [9.17, 15) is 0 Å². The molecule has 8 rings (SSSR count). The molecule has 2 aliphatic rings. The van der Waals surface area contributed by atoms with E-state index in [0.29, 0.717) is 0 Å². The molecule has 362 valence electrons. The van der Waals surface area contributed by atoms with Crippen molar-refractivity contribution < 1.29 is 0 Å². The molecule has 0 aromatic heterocycles. The number of hydrogen-bond acceptors (Lipinski definition) is 2. The maximum absolute atomic E-state index is 2.63. The van der Waals surface area contributed by atoms with Gasteiger partial charge in [-0.15, -0.1) is 0 Å². The van der Waals surface area contributed by atoms with Gasteiger partial charge in [-0.1, -0.05) is 201 Å². The van der Waals surface area contributed by atoms with Crippen molar-refractivity contribution in [3.63, 3.8) is 0 Å². The molecular weight excluding hydrogens is 845 g/mol. The summed E-state index contributed by atoms with van der Waals surface area (Å²) in [7, 11) is 0. The summed E-state index contributed by atoms with van der Waals surface area (Å²) in [5.41, 5.74) is 22.1. The van der Waals surface area contributed by atoms with Gasteiger partial charge in [0.2, 0.25) is 0 Å². The van der Waals surface area contributed by atoms with Crippen LogP contribution in [0.4, 0.5) is 17.1 Å².